The third-order valence-electron chi connectivity index (χ3n) is 4.02. The van der Waals surface area contributed by atoms with Gasteiger partial charge in [0.2, 0.25) is 0 Å². The van der Waals surface area contributed by atoms with E-state index in [0.29, 0.717) is 18.7 Å². The lowest BCUT2D eigenvalue weighted by Crippen LogP contribution is -2.54. The molecule has 24 heavy (non-hydrogen) atoms. The van der Waals surface area contributed by atoms with E-state index in [2.05, 4.69) is 17.3 Å². The van der Waals surface area contributed by atoms with Gasteiger partial charge in [0.25, 0.3) is 0 Å². The van der Waals surface area contributed by atoms with Crippen molar-refractivity contribution in [2.75, 3.05) is 37.3 Å². The van der Waals surface area contributed by atoms with Crippen molar-refractivity contribution < 1.29 is 19.2 Å². The molecule has 7 nitrogen and oxygen atoms in total. The number of anilines is 2. The molecule has 0 bridgehead atoms. The molecule has 0 radical (unpaired) electrons. The largest absolute Gasteiger partial charge is 0.383 e. The smallest absolute Gasteiger partial charge is 0.154 e. The Morgan fingerprint density at radius 1 is 1.38 bits per heavy atom. The number of carbonyl (C=O) groups excluding carboxylic acids is 1. The SMILES string of the molecule is CCCC(NOC)N1OC(C)N(CCOC)c2cc(C=O)ccc21. The van der Waals surface area contributed by atoms with Gasteiger partial charge in [-0.05, 0) is 31.5 Å². The van der Waals surface area contributed by atoms with Crippen LogP contribution in [-0.4, -0.2) is 46.1 Å². The highest BCUT2D eigenvalue weighted by Gasteiger charge is 2.33. The number of ether oxygens (including phenoxy) is 1. The molecule has 1 aliphatic heterocycles. The molecular formula is C17H27N3O4. The zero-order valence-electron chi connectivity index (χ0n) is 14.8. The lowest BCUT2D eigenvalue weighted by molar-refractivity contribution is -0.0350. The standard InChI is InChI=1S/C17H27N3O4/c1-5-6-17(18-23-4)20-15-8-7-14(12-21)11-16(15)19(9-10-22-3)13(2)24-20/h7-8,11-13,17-18H,5-6,9-10H2,1-4H3. The number of aldehydes is 1. The second kappa shape index (κ2) is 8.98. The number of fused-ring (bicyclic) bond motifs is 1. The summed E-state index contributed by atoms with van der Waals surface area (Å²) in [6, 6.07) is 5.59. The molecule has 1 aromatic carbocycles. The van der Waals surface area contributed by atoms with E-state index in [-0.39, 0.29) is 12.4 Å². The van der Waals surface area contributed by atoms with Gasteiger partial charge in [0.15, 0.2) is 6.23 Å². The maximum absolute atomic E-state index is 11.2. The molecule has 0 amide bonds. The van der Waals surface area contributed by atoms with Crippen molar-refractivity contribution in [2.45, 2.75) is 39.1 Å². The quantitative estimate of drug-likeness (QED) is 0.548. The first-order valence-corrected chi connectivity index (χ1v) is 8.25. The maximum atomic E-state index is 11.2. The zero-order valence-corrected chi connectivity index (χ0v) is 14.8. The lowest BCUT2D eigenvalue weighted by atomic mass is 10.1. The predicted octanol–water partition coefficient (Wildman–Crippen LogP) is 2.33. The summed E-state index contributed by atoms with van der Waals surface area (Å²) in [7, 11) is 3.27. The van der Waals surface area contributed by atoms with Gasteiger partial charge < -0.3 is 14.5 Å². The Morgan fingerprint density at radius 3 is 2.79 bits per heavy atom. The molecule has 0 saturated heterocycles. The fourth-order valence-electron chi connectivity index (χ4n) is 2.87. The summed E-state index contributed by atoms with van der Waals surface area (Å²) in [5, 5.41) is 1.84. The van der Waals surface area contributed by atoms with Crippen molar-refractivity contribution in [3.8, 4) is 0 Å². The average molecular weight is 337 g/mol. The summed E-state index contributed by atoms with van der Waals surface area (Å²) < 4.78 is 5.20. The van der Waals surface area contributed by atoms with Crippen LogP contribution >= 0.6 is 0 Å². The van der Waals surface area contributed by atoms with E-state index in [0.717, 1.165) is 30.5 Å². The molecule has 0 aliphatic carbocycles. The Balaban J connectivity index is 2.40. The molecule has 0 spiro atoms. The first-order chi connectivity index (χ1) is 11.7. The van der Waals surface area contributed by atoms with Crippen LogP contribution < -0.4 is 15.4 Å². The first-order valence-electron chi connectivity index (χ1n) is 8.25. The number of rotatable bonds is 9. The number of benzene rings is 1. The first kappa shape index (κ1) is 18.7. The highest BCUT2D eigenvalue weighted by Crippen LogP contribution is 2.38. The van der Waals surface area contributed by atoms with Crippen LogP contribution in [0.4, 0.5) is 11.4 Å². The Labute approximate surface area is 143 Å². The summed E-state index contributed by atoms with van der Waals surface area (Å²) in [5.41, 5.74) is 5.48. The van der Waals surface area contributed by atoms with Crippen molar-refractivity contribution in [3.05, 3.63) is 23.8 Å². The molecule has 2 rings (SSSR count). The van der Waals surface area contributed by atoms with Crippen LogP contribution in [0.5, 0.6) is 0 Å². The van der Waals surface area contributed by atoms with Crippen LogP contribution in [-0.2, 0) is 14.4 Å². The normalized spacial score (nSPS) is 18.4. The van der Waals surface area contributed by atoms with Crippen LogP contribution in [0.2, 0.25) is 0 Å². The van der Waals surface area contributed by atoms with Gasteiger partial charge in [-0.15, -0.1) is 0 Å². The van der Waals surface area contributed by atoms with Gasteiger partial charge in [-0.1, -0.05) is 13.3 Å². The highest BCUT2D eigenvalue weighted by molar-refractivity contribution is 5.83. The number of hydrogen-bond acceptors (Lipinski definition) is 7. The molecule has 1 aliphatic rings. The van der Waals surface area contributed by atoms with E-state index in [9.17, 15) is 4.79 Å². The maximum Gasteiger partial charge on any atom is 0.154 e. The molecule has 7 heteroatoms. The number of carbonyl (C=O) groups is 1. The minimum atomic E-state index is -0.187. The van der Waals surface area contributed by atoms with Crippen LogP contribution in [0, 0.1) is 0 Å². The van der Waals surface area contributed by atoms with Crippen molar-refractivity contribution in [3.63, 3.8) is 0 Å². The summed E-state index contributed by atoms with van der Waals surface area (Å²) in [6.07, 6.45) is 2.38. The Kier molecular flexibility index (Phi) is 6.99. The second-order valence-electron chi connectivity index (χ2n) is 5.71. The third kappa shape index (κ3) is 4.05. The number of nitrogens with one attached hydrogen (secondary N) is 1. The van der Waals surface area contributed by atoms with Crippen molar-refractivity contribution in [1.29, 1.82) is 0 Å². The minimum absolute atomic E-state index is 0.118. The van der Waals surface area contributed by atoms with E-state index in [1.165, 1.54) is 0 Å². The molecule has 1 heterocycles. The minimum Gasteiger partial charge on any atom is -0.383 e. The van der Waals surface area contributed by atoms with Crippen LogP contribution in [0.3, 0.4) is 0 Å². The number of methoxy groups -OCH3 is 1. The van der Waals surface area contributed by atoms with E-state index in [1.807, 2.05) is 24.1 Å². The summed E-state index contributed by atoms with van der Waals surface area (Å²) in [5.74, 6) is 0. The summed E-state index contributed by atoms with van der Waals surface area (Å²) >= 11 is 0. The van der Waals surface area contributed by atoms with Crippen molar-refractivity contribution in [2.24, 2.45) is 0 Å². The monoisotopic (exact) mass is 337 g/mol. The van der Waals surface area contributed by atoms with E-state index in [1.54, 1.807) is 20.3 Å². The van der Waals surface area contributed by atoms with Crippen LogP contribution in [0.15, 0.2) is 18.2 Å². The molecule has 134 valence electrons. The van der Waals surface area contributed by atoms with Crippen molar-refractivity contribution in [1.82, 2.24) is 5.48 Å². The number of hydroxylamine groups is 2. The van der Waals surface area contributed by atoms with Gasteiger partial charge >= 0.3 is 0 Å². The van der Waals surface area contributed by atoms with Crippen LogP contribution in [0.25, 0.3) is 0 Å². The van der Waals surface area contributed by atoms with Gasteiger partial charge in [-0.2, -0.15) is 5.48 Å². The van der Waals surface area contributed by atoms with Crippen molar-refractivity contribution >= 4 is 17.7 Å². The molecular weight excluding hydrogens is 310 g/mol. The van der Waals surface area contributed by atoms with E-state index < -0.39 is 0 Å². The Morgan fingerprint density at radius 2 is 2.17 bits per heavy atom. The number of hydrogen-bond donors (Lipinski definition) is 1. The highest BCUT2D eigenvalue weighted by atomic mass is 16.7. The second-order valence-corrected chi connectivity index (χ2v) is 5.71. The predicted molar refractivity (Wildman–Crippen MR) is 92.9 cm³/mol. The molecule has 1 N–H and O–H groups in total. The lowest BCUT2D eigenvalue weighted by Gasteiger charge is -2.45. The van der Waals surface area contributed by atoms with Gasteiger partial charge in [-0.3, -0.25) is 4.79 Å². The van der Waals surface area contributed by atoms with E-state index >= 15 is 0 Å². The summed E-state index contributed by atoms with van der Waals surface area (Å²) in [6.45, 7) is 5.35. The molecule has 0 fully saturated rings. The Hall–Kier alpha value is -1.67. The van der Waals surface area contributed by atoms with Gasteiger partial charge in [0.1, 0.15) is 12.5 Å². The fraction of sp³-hybridized carbons (Fsp3) is 0.588. The topological polar surface area (TPSA) is 63.3 Å². The van der Waals surface area contributed by atoms with Gasteiger partial charge in [0, 0.05) is 19.2 Å². The van der Waals surface area contributed by atoms with Crippen LogP contribution in [0.1, 0.15) is 37.0 Å². The Bertz CT molecular complexity index is 535. The zero-order chi connectivity index (χ0) is 17.5. The van der Waals surface area contributed by atoms with E-state index in [4.69, 9.17) is 14.4 Å². The van der Waals surface area contributed by atoms with Gasteiger partial charge in [0.05, 0.1) is 25.1 Å². The fourth-order valence-corrected chi connectivity index (χ4v) is 2.87. The molecule has 1 aromatic rings. The molecule has 2 atom stereocenters. The summed E-state index contributed by atoms with van der Waals surface area (Å²) in [4.78, 5) is 24.6. The molecule has 2 unspecified atom stereocenters. The third-order valence-corrected chi connectivity index (χ3v) is 4.02. The number of nitrogens with zero attached hydrogens (tertiary/aromatic N) is 2. The molecule has 0 aromatic heterocycles. The average Bonchev–Trinajstić information content (AvgIpc) is 2.59. The molecule has 0 saturated carbocycles. The van der Waals surface area contributed by atoms with Gasteiger partial charge in [-0.25, -0.2) is 9.90 Å².